The lowest BCUT2D eigenvalue weighted by atomic mass is 9.98. The summed E-state index contributed by atoms with van der Waals surface area (Å²) < 4.78 is 7.79. The molecule has 1 aliphatic rings. The number of carbonyl (C=O) groups excluding carboxylic acids is 1. The molecule has 2 heterocycles. The molecule has 2 N–H and O–H groups in total. The fourth-order valence-electron chi connectivity index (χ4n) is 4.27. The molecule has 4 aromatic rings. The molecule has 2 unspecified atom stereocenters. The van der Waals surface area contributed by atoms with E-state index in [0.29, 0.717) is 12.1 Å². The van der Waals surface area contributed by atoms with Gasteiger partial charge < -0.3 is 15.4 Å². The van der Waals surface area contributed by atoms with E-state index in [1.165, 1.54) is 11.1 Å². The topological polar surface area (TPSA) is 68.2 Å². The van der Waals surface area contributed by atoms with Crippen LogP contribution in [-0.4, -0.2) is 15.7 Å². The van der Waals surface area contributed by atoms with Crippen LogP contribution >= 0.6 is 0 Å². The molecular weight excluding hydrogens is 424 g/mol. The second-order valence-corrected chi connectivity index (χ2v) is 8.79. The van der Waals surface area contributed by atoms with Crippen molar-refractivity contribution in [3.05, 3.63) is 107 Å². The van der Waals surface area contributed by atoms with Gasteiger partial charge >= 0.3 is 0 Å². The number of nitrogens with zero attached hydrogens (tertiary/aromatic N) is 2. The molecule has 0 spiro atoms. The molecule has 0 radical (unpaired) electrons. The Morgan fingerprint density at radius 1 is 1.03 bits per heavy atom. The number of fused-ring (bicyclic) bond motifs is 1. The van der Waals surface area contributed by atoms with Gasteiger partial charge in [-0.2, -0.15) is 5.10 Å². The third kappa shape index (κ3) is 4.66. The molecular formula is C28H28N4O2. The summed E-state index contributed by atoms with van der Waals surface area (Å²) in [6, 6.07) is 26.4. The average Bonchev–Trinajstić information content (AvgIpc) is 3.30. The van der Waals surface area contributed by atoms with E-state index in [-0.39, 0.29) is 18.0 Å². The number of nitrogens with one attached hydrogen (secondary N) is 2. The summed E-state index contributed by atoms with van der Waals surface area (Å²) in [7, 11) is 0. The monoisotopic (exact) mass is 452 g/mol. The summed E-state index contributed by atoms with van der Waals surface area (Å²) in [4.78, 5) is 13.0. The molecule has 1 amide bonds. The number of aromatic nitrogens is 2. The molecule has 34 heavy (non-hydrogen) atoms. The molecule has 172 valence electrons. The minimum atomic E-state index is -0.144. The highest BCUT2D eigenvalue weighted by molar-refractivity contribution is 5.98. The average molecular weight is 453 g/mol. The summed E-state index contributed by atoms with van der Waals surface area (Å²) >= 11 is 0. The molecule has 0 saturated heterocycles. The van der Waals surface area contributed by atoms with Crippen molar-refractivity contribution in [2.75, 3.05) is 5.32 Å². The maximum absolute atomic E-state index is 13.0. The second-order valence-electron chi connectivity index (χ2n) is 8.79. The van der Waals surface area contributed by atoms with Crippen molar-refractivity contribution in [2.24, 2.45) is 0 Å². The minimum absolute atomic E-state index is 0.144. The van der Waals surface area contributed by atoms with E-state index in [9.17, 15) is 4.79 Å². The molecule has 0 saturated carbocycles. The fraction of sp³-hybridized carbons (Fsp3) is 0.214. The van der Waals surface area contributed by atoms with E-state index in [2.05, 4.69) is 34.8 Å². The number of anilines is 1. The number of amides is 1. The summed E-state index contributed by atoms with van der Waals surface area (Å²) in [5.41, 5.74) is 3.96. The Balaban J connectivity index is 1.23. The first-order valence-corrected chi connectivity index (χ1v) is 11.6. The maximum atomic E-state index is 13.0. The fourth-order valence-corrected chi connectivity index (χ4v) is 4.27. The van der Waals surface area contributed by atoms with Gasteiger partial charge in [-0.25, -0.2) is 4.68 Å². The summed E-state index contributed by atoms with van der Waals surface area (Å²) in [5.74, 6) is 2.18. The predicted octanol–water partition coefficient (Wildman–Crippen LogP) is 6.03. The Hall–Kier alpha value is -4.06. The normalized spacial score (nSPS) is 16.9. The van der Waals surface area contributed by atoms with Crippen molar-refractivity contribution in [1.82, 2.24) is 15.1 Å². The summed E-state index contributed by atoms with van der Waals surface area (Å²) in [6.45, 7) is 4.60. The highest BCUT2D eigenvalue weighted by Crippen LogP contribution is 2.36. The van der Waals surface area contributed by atoms with E-state index >= 15 is 0 Å². The van der Waals surface area contributed by atoms with Crippen LogP contribution in [-0.2, 0) is 6.54 Å². The van der Waals surface area contributed by atoms with Crippen LogP contribution in [0.1, 0.15) is 52.5 Å². The van der Waals surface area contributed by atoms with Crippen LogP contribution in [0.2, 0.25) is 0 Å². The molecule has 2 atom stereocenters. The first kappa shape index (κ1) is 21.8. The molecule has 1 aliphatic heterocycles. The second kappa shape index (κ2) is 9.43. The Morgan fingerprint density at radius 3 is 2.41 bits per heavy atom. The standard InChI is InChI=1S/C28H28N4O2/c1-19-8-12-23(13-9-19)34-24-14-10-21(11-15-24)17-29-28(33)25-18-30-32-20(2)16-26(31-27(25)32)22-6-4-3-5-7-22/h3-15,18,20,26,31H,16-17H2,1-2H3,(H,29,33). The Kier molecular flexibility index (Phi) is 6.04. The number of hydrogen-bond acceptors (Lipinski definition) is 4. The third-order valence-electron chi connectivity index (χ3n) is 6.18. The molecule has 6 nitrogen and oxygen atoms in total. The molecule has 6 heteroatoms. The van der Waals surface area contributed by atoms with Crippen LogP contribution in [0.3, 0.4) is 0 Å². The van der Waals surface area contributed by atoms with Gasteiger partial charge in [0.15, 0.2) is 0 Å². The van der Waals surface area contributed by atoms with Gasteiger partial charge in [0.1, 0.15) is 22.9 Å². The Labute approximate surface area is 199 Å². The van der Waals surface area contributed by atoms with Crippen molar-refractivity contribution in [3.8, 4) is 11.5 Å². The first-order chi connectivity index (χ1) is 16.6. The predicted molar refractivity (Wildman–Crippen MR) is 133 cm³/mol. The summed E-state index contributed by atoms with van der Waals surface area (Å²) in [6.07, 6.45) is 2.57. The number of rotatable bonds is 6. The van der Waals surface area contributed by atoms with Crippen molar-refractivity contribution < 1.29 is 9.53 Å². The van der Waals surface area contributed by atoms with E-state index in [1.807, 2.05) is 78.3 Å². The number of aryl methyl sites for hydroxylation is 1. The van der Waals surface area contributed by atoms with Crippen LogP contribution in [0.15, 0.2) is 85.1 Å². The summed E-state index contributed by atoms with van der Waals surface area (Å²) in [5, 5.41) is 11.0. The van der Waals surface area contributed by atoms with Crippen molar-refractivity contribution >= 4 is 11.7 Å². The first-order valence-electron chi connectivity index (χ1n) is 11.6. The molecule has 3 aromatic carbocycles. The molecule has 0 bridgehead atoms. The zero-order chi connectivity index (χ0) is 23.5. The Bertz CT molecular complexity index is 1260. The number of hydrogen-bond donors (Lipinski definition) is 2. The molecule has 0 fully saturated rings. The van der Waals surface area contributed by atoms with E-state index in [0.717, 1.165) is 29.3 Å². The zero-order valence-corrected chi connectivity index (χ0v) is 19.4. The minimum Gasteiger partial charge on any atom is -0.457 e. The van der Waals surface area contributed by atoms with E-state index in [1.54, 1.807) is 6.20 Å². The molecule has 1 aromatic heterocycles. The van der Waals surface area contributed by atoms with E-state index < -0.39 is 0 Å². The van der Waals surface area contributed by atoms with Gasteiger partial charge in [-0.15, -0.1) is 0 Å². The largest absolute Gasteiger partial charge is 0.457 e. The lowest BCUT2D eigenvalue weighted by molar-refractivity contribution is 0.0951. The number of ether oxygens (including phenoxy) is 1. The molecule has 0 aliphatic carbocycles. The lowest BCUT2D eigenvalue weighted by Gasteiger charge is -2.31. The van der Waals surface area contributed by atoms with Crippen molar-refractivity contribution in [3.63, 3.8) is 0 Å². The van der Waals surface area contributed by atoms with Crippen LogP contribution in [0.4, 0.5) is 5.82 Å². The quantitative estimate of drug-likeness (QED) is 0.375. The van der Waals surface area contributed by atoms with Gasteiger partial charge in [-0.3, -0.25) is 4.79 Å². The smallest absolute Gasteiger partial charge is 0.256 e. The number of benzene rings is 3. The van der Waals surface area contributed by atoms with Gasteiger partial charge in [-0.1, -0.05) is 60.2 Å². The van der Waals surface area contributed by atoms with Crippen molar-refractivity contribution in [2.45, 2.75) is 38.9 Å². The van der Waals surface area contributed by atoms with Crippen LogP contribution in [0, 0.1) is 6.92 Å². The van der Waals surface area contributed by atoms with Crippen LogP contribution in [0.5, 0.6) is 11.5 Å². The number of carbonyl (C=O) groups is 1. The highest BCUT2D eigenvalue weighted by atomic mass is 16.5. The highest BCUT2D eigenvalue weighted by Gasteiger charge is 2.29. The van der Waals surface area contributed by atoms with Gasteiger partial charge in [0.2, 0.25) is 0 Å². The zero-order valence-electron chi connectivity index (χ0n) is 19.4. The van der Waals surface area contributed by atoms with Gasteiger partial charge in [0, 0.05) is 6.54 Å². The molecule has 5 rings (SSSR count). The SMILES string of the molecule is Cc1ccc(Oc2ccc(CNC(=O)c3cnn4c3NC(c3ccccc3)CC4C)cc2)cc1. The van der Waals surface area contributed by atoms with Crippen LogP contribution < -0.4 is 15.4 Å². The van der Waals surface area contributed by atoms with Gasteiger partial charge in [-0.05, 0) is 55.7 Å². The van der Waals surface area contributed by atoms with Crippen molar-refractivity contribution in [1.29, 1.82) is 0 Å². The van der Waals surface area contributed by atoms with Gasteiger partial charge in [0.25, 0.3) is 5.91 Å². The third-order valence-corrected chi connectivity index (χ3v) is 6.18. The van der Waals surface area contributed by atoms with E-state index in [4.69, 9.17) is 4.74 Å². The maximum Gasteiger partial charge on any atom is 0.256 e. The van der Waals surface area contributed by atoms with Crippen LogP contribution in [0.25, 0.3) is 0 Å². The Morgan fingerprint density at radius 2 is 1.71 bits per heavy atom. The lowest BCUT2D eigenvalue weighted by Crippen LogP contribution is -2.28. The van der Waals surface area contributed by atoms with Gasteiger partial charge in [0.05, 0.1) is 18.3 Å².